The van der Waals surface area contributed by atoms with Crippen molar-refractivity contribution < 1.29 is 5.11 Å². The lowest BCUT2D eigenvalue weighted by atomic mass is 10.1. The van der Waals surface area contributed by atoms with E-state index in [4.69, 9.17) is 5.73 Å². The molecule has 15 heavy (non-hydrogen) atoms. The summed E-state index contributed by atoms with van der Waals surface area (Å²) in [4.78, 5) is 1.19. The van der Waals surface area contributed by atoms with Crippen LogP contribution >= 0.6 is 11.3 Å². The lowest BCUT2D eigenvalue weighted by Gasteiger charge is -2.10. The molecule has 2 rings (SSSR count). The Bertz CT molecular complexity index is 425. The second-order valence-corrected chi connectivity index (χ2v) is 4.50. The van der Waals surface area contributed by atoms with Crippen molar-refractivity contribution in [3.8, 4) is 0 Å². The predicted molar refractivity (Wildman–Crippen MR) is 63.8 cm³/mol. The number of hydrogen-bond donors (Lipinski definition) is 2. The van der Waals surface area contributed by atoms with Gasteiger partial charge in [0.1, 0.15) is 0 Å². The van der Waals surface area contributed by atoms with Crippen LogP contribution in [0.15, 0.2) is 41.8 Å². The lowest BCUT2D eigenvalue weighted by molar-refractivity contribution is 0.179. The van der Waals surface area contributed by atoms with Gasteiger partial charge in [0.05, 0.1) is 6.10 Å². The number of nitrogens with two attached hydrogens (primary N) is 1. The number of rotatable bonds is 3. The van der Waals surface area contributed by atoms with Crippen molar-refractivity contribution >= 4 is 17.0 Å². The Morgan fingerprint density at radius 3 is 2.80 bits per heavy atom. The molecule has 0 aliphatic heterocycles. The molecule has 2 nitrogen and oxygen atoms in total. The molecule has 0 bridgehead atoms. The third-order valence-corrected chi connectivity index (χ3v) is 3.17. The fourth-order valence-electron chi connectivity index (χ4n) is 1.50. The highest BCUT2D eigenvalue weighted by molar-refractivity contribution is 7.09. The van der Waals surface area contributed by atoms with Gasteiger partial charge in [0.25, 0.3) is 0 Å². The van der Waals surface area contributed by atoms with Crippen LogP contribution in [0.3, 0.4) is 0 Å². The van der Waals surface area contributed by atoms with Crippen molar-refractivity contribution in [1.82, 2.24) is 0 Å². The van der Waals surface area contributed by atoms with Crippen LogP contribution in [-0.4, -0.2) is 5.11 Å². The standard InChI is InChI=1S/C12H13NOS/c13-10-4-1-3-9(7-10)12(14)8-11-5-2-6-15-11/h1-7,12,14H,8,13H2. The summed E-state index contributed by atoms with van der Waals surface area (Å²) in [6, 6.07) is 11.4. The average molecular weight is 219 g/mol. The molecule has 1 atom stereocenters. The van der Waals surface area contributed by atoms with Crippen LogP contribution in [0.25, 0.3) is 0 Å². The van der Waals surface area contributed by atoms with Gasteiger partial charge in [-0.3, -0.25) is 0 Å². The minimum absolute atomic E-state index is 0.466. The molecule has 1 unspecified atom stereocenters. The maximum absolute atomic E-state index is 9.97. The van der Waals surface area contributed by atoms with Crippen LogP contribution in [0.4, 0.5) is 5.69 Å². The highest BCUT2D eigenvalue weighted by Crippen LogP contribution is 2.22. The van der Waals surface area contributed by atoms with E-state index in [1.165, 1.54) is 4.88 Å². The Balaban J connectivity index is 2.11. The smallest absolute Gasteiger partial charge is 0.0839 e. The van der Waals surface area contributed by atoms with Crippen molar-refractivity contribution in [2.75, 3.05) is 5.73 Å². The van der Waals surface area contributed by atoms with Gasteiger partial charge in [-0.15, -0.1) is 11.3 Å². The summed E-state index contributed by atoms with van der Waals surface area (Å²) >= 11 is 1.66. The molecule has 1 aromatic heterocycles. The van der Waals surface area contributed by atoms with Gasteiger partial charge < -0.3 is 10.8 Å². The normalized spacial score (nSPS) is 12.6. The SMILES string of the molecule is Nc1cccc(C(O)Cc2cccs2)c1. The first-order valence-corrected chi connectivity index (χ1v) is 5.69. The fourth-order valence-corrected chi connectivity index (χ4v) is 2.25. The molecular weight excluding hydrogens is 206 g/mol. The highest BCUT2D eigenvalue weighted by atomic mass is 32.1. The maximum atomic E-state index is 9.97. The molecule has 0 spiro atoms. The summed E-state index contributed by atoms with van der Waals surface area (Å²) in [5.74, 6) is 0. The number of nitrogen functional groups attached to an aromatic ring is 1. The first-order chi connectivity index (χ1) is 7.25. The third-order valence-electron chi connectivity index (χ3n) is 2.27. The molecule has 3 N–H and O–H groups in total. The number of thiophene rings is 1. The number of anilines is 1. The maximum Gasteiger partial charge on any atom is 0.0839 e. The molecule has 0 saturated heterocycles. The zero-order valence-electron chi connectivity index (χ0n) is 8.26. The van der Waals surface area contributed by atoms with E-state index in [1.807, 2.05) is 41.8 Å². The van der Waals surface area contributed by atoms with Crippen molar-refractivity contribution in [2.45, 2.75) is 12.5 Å². The molecule has 1 aromatic carbocycles. The molecular formula is C12H13NOS. The van der Waals surface area contributed by atoms with E-state index in [0.29, 0.717) is 12.1 Å². The molecule has 0 aliphatic carbocycles. The van der Waals surface area contributed by atoms with Crippen molar-refractivity contribution in [3.63, 3.8) is 0 Å². The lowest BCUT2D eigenvalue weighted by Crippen LogP contribution is -2.01. The first-order valence-electron chi connectivity index (χ1n) is 4.81. The van der Waals surface area contributed by atoms with Crippen LogP contribution in [0.1, 0.15) is 16.5 Å². The molecule has 1 heterocycles. The summed E-state index contributed by atoms with van der Waals surface area (Å²) in [7, 11) is 0. The van der Waals surface area contributed by atoms with Crippen LogP contribution < -0.4 is 5.73 Å². The number of benzene rings is 1. The number of aliphatic hydroxyl groups is 1. The van der Waals surface area contributed by atoms with Gasteiger partial charge in [0.2, 0.25) is 0 Å². The zero-order chi connectivity index (χ0) is 10.7. The monoisotopic (exact) mass is 219 g/mol. The molecule has 0 radical (unpaired) electrons. The van der Waals surface area contributed by atoms with E-state index in [2.05, 4.69) is 0 Å². The summed E-state index contributed by atoms with van der Waals surface area (Å²) < 4.78 is 0. The van der Waals surface area contributed by atoms with Gasteiger partial charge in [0.15, 0.2) is 0 Å². The third kappa shape index (κ3) is 2.58. The highest BCUT2D eigenvalue weighted by Gasteiger charge is 2.08. The second kappa shape index (κ2) is 4.47. The summed E-state index contributed by atoms with van der Waals surface area (Å²) in [5, 5.41) is 12.0. The summed E-state index contributed by atoms with van der Waals surface area (Å²) in [6.45, 7) is 0. The minimum Gasteiger partial charge on any atom is -0.399 e. The Kier molecular flexibility index (Phi) is 3.04. The van der Waals surface area contributed by atoms with Gasteiger partial charge in [0, 0.05) is 17.0 Å². The molecule has 3 heteroatoms. The molecule has 0 amide bonds. The Labute approximate surface area is 93.0 Å². The van der Waals surface area contributed by atoms with Crippen LogP contribution in [0.2, 0.25) is 0 Å². The van der Waals surface area contributed by atoms with E-state index >= 15 is 0 Å². The van der Waals surface area contributed by atoms with E-state index in [-0.39, 0.29) is 0 Å². The van der Waals surface area contributed by atoms with E-state index < -0.39 is 6.10 Å². The minimum atomic E-state index is -0.466. The Morgan fingerprint density at radius 2 is 2.13 bits per heavy atom. The largest absolute Gasteiger partial charge is 0.399 e. The van der Waals surface area contributed by atoms with Gasteiger partial charge in [-0.05, 0) is 29.1 Å². The topological polar surface area (TPSA) is 46.2 Å². The molecule has 2 aromatic rings. The Morgan fingerprint density at radius 1 is 1.27 bits per heavy atom. The molecule has 78 valence electrons. The van der Waals surface area contributed by atoms with Crippen molar-refractivity contribution in [2.24, 2.45) is 0 Å². The van der Waals surface area contributed by atoms with E-state index in [9.17, 15) is 5.11 Å². The predicted octanol–water partition coefficient (Wildman–Crippen LogP) is 2.61. The van der Waals surface area contributed by atoms with Crippen molar-refractivity contribution in [1.29, 1.82) is 0 Å². The first kappa shape index (κ1) is 10.2. The molecule has 0 fully saturated rings. The van der Waals surface area contributed by atoms with E-state index in [1.54, 1.807) is 11.3 Å². The van der Waals surface area contributed by atoms with Gasteiger partial charge in [-0.25, -0.2) is 0 Å². The average Bonchev–Trinajstić information content (AvgIpc) is 2.70. The quantitative estimate of drug-likeness (QED) is 0.779. The van der Waals surface area contributed by atoms with Crippen LogP contribution in [0, 0.1) is 0 Å². The van der Waals surface area contributed by atoms with Gasteiger partial charge in [-0.2, -0.15) is 0 Å². The van der Waals surface area contributed by atoms with Crippen molar-refractivity contribution in [3.05, 3.63) is 52.2 Å². The summed E-state index contributed by atoms with van der Waals surface area (Å²) in [6.07, 6.45) is 0.188. The molecule has 0 aliphatic rings. The Hall–Kier alpha value is -1.32. The number of aliphatic hydroxyl groups excluding tert-OH is 1. The zero-order valence-corrected chi connectivity index (χ0v) is 9.08. The van der Waals surface area contributed by atoms with Crippen LogP contribution in [-0.2, 0) is 6.42 Å². The van der Waals surface area contributed by atoms with E-state index in [0.717, 1.165) is 5.56 Å². The summed E-state index contributed by atoms with van der Waals surface area (Å²) in [5.41, 5.74) is 7.23. The second-order valence-electron chi connectivity index (χ2n) is 3.47. The van der Waals surface area contributed by atoms with Gasteiger partial charge in [-0.1, -0.05) is 18.2 Å². The number of hydrogen-bond acceptors (Lipinski definition) is 3. The molecule has 0 saturated carbocycles. The fraction of sp³-hybridized carbons (Fsp3) is 0.167. The van der Waals surface area contributed by atoms with Crippen LogP contribution in [0.5, 0.6) is 0 Å². The van der Waals surface area contributed by atoms with Gasteiger partial charge >= 0.3 is 0 Å².